The second kappa shape index (κ2) is 6.38. The van der Waals surface area contributed by atoms with Crippen LogP contribution in [0.1, 0.15) is 28.5 Å². The second-order valence-electron chi connectivity index (χ2n) is 5.06. The number of carbonyl (C=O) groups is 1. The van der Waals surface area contributed by atoms with Gasteiger partial charge < -0.3 is 4.90 Å². The predicted octanol–water partition coefficient (Wildman–Crippen LogP) is 2.39. The summed E-state index contributed by atoms with van der Waals surface area (Å²) in [5.41, 5.74) is 1.87. The molecule has 0 N–H and O–H groups in total. The zero-order valence-corrected chi connectivity index (χ0v) is 12.8. The molecule has 1 aromatic heterocycles. The highest BCUT2D eigenvalue weighted by atomic mass is 16.6. The van der Waals surface area contributed by atoms with E-state index in [9.17, 15) is 14.9 Å². The zero-order chi connectivity index (χ0) is 16.3. The fraction of sp³-hybridized carbons (Fsp3) is 0.333. The lowest BCUT2D eigenvalue weighted by molar-refractivity contribution is -0.385. The molecule has 0 aliphatic carbocycles. The molecule has 0 bridgehead atoms. The van der Waals surface area contributed by atoms with Crippen molar-refractivity contribution in [1.29, 1.82) is 0 Å². The Morgan fingerprint density at radius 2 is 2.14 bits per heavy atom. The summed E-state index contributed by atoms with van der Waals surface area (Å²) in [4.78, 5) is 24.4. The number of carbonyl (C=O) groups excluding carboxylic acids is 1. The molecule has 7 nitrogen and oxygen atoms in total. The van der Waals surface area contributed by atoms with E-state index in [0.717, 1.165) is 12.2 Å². The van der Waals surface area contributed by atoms with Crippen molar-refractivity contribution in [3.63, 3.8) is 0 Å². The third-order valence-electron chi connectivity index (χ3n) is 3.49. The van der Waals surface area contributed by atoms with E-state index in [1.54, 1.807) is 31.1 Å². The first-order chi connectivity index (χ1) is 10.4. The Kier molecular flexibility index (Phi) is 4.55. The molecule has 0 unspecified atom stereocenters. The summed E-state index contributed by atoms with van der Waals surface area (Å²) in [6.45, 7) is 4.78. The van der Waals surface area contributed by atoms with Crippen LogP contribution >= 0.6 is 0 Å². The molecule has 2 aromatic rings. The lowest BCUT2D eigenvalue weighted by atomic mass is 10.1. The van der Waals surface area contributed by atoms with Crippen LogP contribution in [0.25, 0.3) is 0 Å². The Morgan fingerprint density at radius 3 is 2.73 bits per heavy atom. The van der Waals surface area contributed by atoms with Crippen LogP contribution in [0, 0.1) is 17.0 Å². The average molecular weight is 302 g/mol. The molecule has 0 saturated heterocycles. The van der Waals surface area contributed by atoms with Crippen LogP contribution in [0.4, 0.5) is 5.69 Å². The molecule has 22 heavy (non-hydrogen) atoms. The summed E-state index contributed by atoms with van der Waals surface area (Å²) in [7, 11) is 1.70. The third kappa shape index (κ3) is 3.13. The van der Waals surface area contributed by atoms with Crippen LogP contribution in [-0.2, 0) is 13.1 Å². The third-order valence-corrected chi connectivity index (χ3v) is 3.49. The van der Waals surface area contributed by atoms with Gasteiger partial charge in [0.15, 0.2) is 0 Å². The molecule has 0 radical (unpaired) electrons. The number of nitrogens with zero attached hydrogens (tertiary/aromatic N) is 4. The Balaban J connectivity index is 2.17. The van der Waals surface area contributed by atoms with Gasteiger partial charge in [0.05, 0.1) is 17.2 Å². The standard InChI is InChI=1S/C15H18N4O3/c1-4-18-13(7-8-16-18)10-17(3)15(20)12-5-6-14(19(21)22)11(2)9-12/h5-9H,4,10H2,1-3H3. The summed E-state index contributed by atoms with van der Waals surface area (Å²) in [5, 5.41) is 15.0. The van der Waals surface area contributed by atoms with E-state index in [4.69, 9.17) is 0 Å². The minimum Gasteiger partial charge on any atom is -0.336 e. The molecule has 0 spiro atoms. The number of hydrogen-bond donors (Lipinski definition) is 0. The number of hydrogen-bond acceptors (Lipinski definition) is 4. The maximum Gasteiger partial charge on any atom is 0.272 e. The molecule has 1 heterocycles. The fourth-order valence-electron chi connectivity index (χ4n) is 2.31. The molecule has 1 amide bonds. The van der Waals surface area contributed by atoms with Gasteiger partial charge in [-0.3, -0.25) is 19.6 Å². The molecule has 2 rings (SSSR count). The van der Waals surface area contributed by atoms with Crippen molar-refractivity contribution < 1.29 is 9.72 Å². The Bertz CT molecular complexity index is 709. The van der Waals surface area contributed by atoms with Crippen molar-refractivity contribution in [2.45, 2.75) is 26.9 Å². The van der Waals surface area contributed by atoms with Gasteiger partial charge in [-0.1, -0.05) is 0 Å². The number of amides is 1. The number of aryl methyl sites for hydroxylation is 2. The molecular formula is C15H18N4O3. The molecule has 0 fully saturated rings. The molecule has 0 aliphatic heterocycles. The minimum atomic E-state index is -0.451. The molecule has 116 valence electrons. The number of nitro groups is 1. The normalized spacial score (nSPS) is 10.5. The molecule has 0 atom stereocenters. The van der Waals surface area contributed by atoms with Gasteiger partial charge in [-0.25, -0.2) is 0 Å². The van der Waals surface area contributed by atoms with E-state index < -0.39 is 4.92 Å². The first-order valence-electron chi connectivity index (χ1n) is 6.95. The molecule has 1 aromatic carbocycles. The Morgan fingerprint density at radius 1 is 1.41 bits per heavy atom. The lowest BCUT2D eigenvalue weighted by Crippen LogP contribution is -2.27. The smallest absolute Gasteiger partial charge is 0.272 e. The topological polar surface area (TPSA) is 81.3 Å². The maximum absolute atomic E-state index is 12.4. The fourth-order valence-corrected chi connectivity index (χ4v) is 2.31. The molecule has 7 heteroatoms. The summed E-state index contributed by atoms with van der Waals surface area (Å²) < 4.78 is 1.82. The van der Waals surface area contributed by atoms with Crippen LogP contribution < -0.4 is 0 Å². The summed E-state index contributed by atoms with van der Waals surface area (Å²) >= 11 is 0. The highest BCUT2D eigenvalue weighted by Gasteiger charge is 2.17. The average Bonchev–Trinajstić information content (AvgIpc) is 2.93. The van der Waals surface area contributed by atoms with Gasteiger partial charge in [0.25, 0.3) is 11.6 Å². The van der Waals surface area contributed by atoms with Crippen molar-refractivity contribution in [3.8, 4) is 0 Å². The number of nitro benzene ring substituents is 1. The summed E-state index contributed by atoms with van der Waals surface area (Å²) in [6.07, 6.45) is 1.70. The summed E-state index contributed by atoms with van der Waals surface area (Å²) in [6, 6.07) is 6.27. The van der Waals surface area contributed by atoms with Crippen molar-refractivity contribution in [3.05, 3.63) is 57.4 Å². The van der Waals surface area contributed by atoms with E-state index in [1.807, 2.05) is 17.7 Å². The molecular weight excluding hydrogens is 284 g/mol. The van der Waals surface area contributed by atoms with Gasteiger partial charge in [0.1, 0.15) is 0 Å². The van der Waals surface area contributed by atoms with Crippen LogP contribution in [0.5, 0.6) is 0 Å². The molecule has 0 saturated carbocycles. The van der Waals surface area contributed by atoms with E-state index >= 15 is 0 Å². The van der Waals surface area contributed by atoms with Gasteiger partial charge in [0, 0.05) is 37.0 Å². The Labute approximate surface area is 128 Å². The van der Waals surface area contributed by atoms with Crippen LogP contribution in [0.3, 0.4) is 0 Å². The lowest BCUT2D eigenvalue weighted by Gasteiger charge is -2.18. The number of rotatable bonds is 5. The van der Waals surface area contributed by atoms with Crippen molar-refractivity contribution in [2.24, 2.45) is 0 Å². The van der Waals surface area contributed by atoms with Gasteiger partial charge in [-0.15, -0.1) is 0 Å². The van der Waals surface area contributed by atoms with Gasteiger partial charge >= 0.3 is 0 Å². The first-order valence-corrected chi connectivity index (χ1v) is 6.95. The van der Waals surface area contributed by atoms with Gasteiger partial charge in [0.2, 0.25) is 0 Å². The Hall–Kier alpha value is -2.70. The summed E-state index contributed by atoms with van der Waals surface area (Å²) in [5.74, 6) is -0.179. The number of benzene rings is 1. The second-order valence-corrected chi connectivity index (χ2v) is 5.06. The van der Waals surface area contributed by atoms with E-state index in [2.05, 4.69) is 5.10 Å². The SMILES string of the molecule is CCn1nccc1CN(C)C(=O)c1ccc([N+](=O)[O-])c(C)c1. The zero-order valence-electron chi connectivity index (χ0n) is 12.8. The van der Waals surface area contributed by atoms with Crippen LogP contribution in [0.2, 0.25) is 0 Å². The quantitative estimate of drug-likeness (QED) is 0.627. The monoisotopic (exact) mass is 302 g/mol. The van der Waals surface area contributed by atoms with Crippen LogP contribution in [0.15, 0.2) is 30.5 Å². The van der Waals surface area contributed by atoms with Crippen molar-refractivity contribution in [1.82, 2.24) is 14.7 Å². The number of aromatic nitrogens is 2. The van der Waals surface area contributed by atoms with Crippen LogP contribution in [-0.4, -0.2) is 32.6 Å². The van der Waals surface area contributed by atoms with Gasteiger partial charge in [-0.05, 0) is 32.0 Å². The van der Waals surface area contributed by atoms with Gasteiger partial charge in [-0.2, -0.15) is 5.10 Å². The maximum atomic E-state index is 12.4. The van der Waals surface area contributed by atoms with E-state index in [-0.39, 0.29) is 11.6 Å². The predicted molar refractivity (Wildman–Crippen MR) is 81.5 cm³/mol. The highest BCUT2D eigenvalue weighted by molar-refractivity contribution is 5.94. The highest BCUT2D eigenvalue weighted by Crippen LogP contribution is 2.20. The molecule has 0 aliphatic rings. The van der Waals surface area contributed by atoms with E-state index in [0.29, 0.717) is 17.7 Å². The largest absolute Gasteiger partial charge is 0.336 e. The van der Waals surface area contributed by atoms with Crippen molar-refractivity contribution >= 4 is 11.6 Å². The van der Waals surface area contributed by atoms with Crippen molar-refractivity contribution in [2.75, 3.05) is 7.05 Å². The van der Waals surface area contributed by atoms with E-state index in [1.165, 1.54) is 12.1 Å². The minimum absolute atomic E-state index is 0.0169. The first kappa shape index (κ1) is 15.7.